The lowest BCUT2D eigenvalue weighted by Gasteiger charge is -2.24. The number of thiazole rings is 1. The summed E-state index contributed by atoms with van der Waals surface area (Å²) in [6.07, 6.45) is 1.84. The first-order chi connectivity index (χ1) is 16.8. The first kappa shape index (κ1) is 24.7. The monoisotopic (exact) mass is 490 g/mol. The summed E-state index contributed by atoms with van der Waals surface area (Å²) in [6, 6.07) is 14.9. The van der Waals surface area contributed by atoms with Gasteiger partial charge >= 0.3 is 5.97 Å². The Kier molecular flexibility index (Phi) is 7.36. The summed E-state index contributed by atoms with van der Waals surface area (Å²) in [6.45, 7) is 10.6. The summed E-state index contributed by atoms with van der Waals surface area (Å²) in [5, 5.41) is 0. The summed E-state index contributed by atoms with van der Waals surface area (Å²) in [7, 11) is 0. The standard InChI is InChI=1S/C28H30N2O4S/c1-6-33-27(32)24-19(5)29-28-30(25(24)20-13-11-18(4)12-14-20)26(31)23(35-28)15-21-9-7-8-10-22(21)34-16-17(2)3/h7-15,17,25H,6,16H2,1-5H3/b23-15-/t25-/m0/s1. The highest BCUT2D eigenvalue weighted by Crippen LogP contribution is 2.31. The molecule has 3 aromatic rings. The van der Waals surface area contributed by atoms with E-state index in [1.54, 1.807) is 18.4 Å². The molecule has 0 aliphatic carbocycles. The fourth-order valence-electron chi connectivity index (χ4n) is 3.98. The first-order valence-corrected chi connectivity index (χ1v) is 12.6. The van der Waals surface area contributed by atoms with Crippen molar-refractivity contribution >= 4 is 23.4 Å². The highest BCUT2D eigenvalue weighted by atomic mass is 32.1. The molecule has 35 heavy (non-hydrogen) atoms. The zero-order chi connectivity index (χ0) is 25.1. The van der Waals surface area contributed by atoms with Gasteiger partial charge in [-0.15, -0.1) is 0 Å². The van der Waals surface area contributed by atoms with Gasteiger partial charge in [0, 0.05) is 5.56 Å². The van der Waals surface area contributed by atoms with Gasteiger partial charge in [-0.25, -0.2) is 9.79 Å². The number of allylic oxidation sites excluding steroid dienone is 1. The van der Waals surface area contributed by atoms with Crippen molar-refractivity contribution in [1.29, 1.82) is 0 Å². The van der Waals surface area contributed by atoms with E-state index in [1.807, 2.05) is 61.5 Å². The van der Waals surface area contributed by atoms with Gasteiger partial charge < -0.3 is 9.47 Å². The molecule has 2 heterocycles. The van der Waals surface area contributed by atoms with Gasteiger partial charge in [-0.2, -0.15) is 0 Å². The minimum Gasteiger partial charge on any atom is -0.493 e. The molecule has 1 atom stereocenters. The molecule has 0 unspecified atom stereocenters. The van der Waals surface area contributed by atoms with E-state index in [2.05, 4.69) is 18.8 Å². The fourth-order valence-corrected chi connectivity index (χ4v) is 5.02. The van der Waals surface area contributed by atoms with E-state index in [0.717, 1.165) is 22.4 Å². The van der Waals surface area contributed by atoms with E-state index < -0.39 is 12.0 Å². The summed E-state index contributed by atoms with van der Waals surface area (Å²) < 4.78 is 13.5. The highest BCUT2D eigenvalue weighted by molar-refractivity contribution is 7.07. The molecule has 0 radical (unpaired) electrons. The number of carbonyl (C=O) groups excluding carboxylic acids is 1. The summed E-state index contributed by atoms with van der Waals surface area (Å²) >= 11 is 1.31. The second-order valence-electron chi connectivity index (χ2n) is 8.96. The number of aryl methyl sites for hydroxylation is 1. The van der Waals surface area contributed by atoms with Crippen LogP contribution >= 0.6 is 11.3 Å². The Hall–Kier alpha value is -3.45. The number of esters is 1. The van der Waals surface area contributed by atoms with Crippen LogP contribution in [-0.4, -0.2) is 23.8 Å². The van der Waals surface area contributed by atoms with E-state index in [4.69, 9.17) is 9.47 Å². The summed E-state index contributed by atoms with van der Waals surface area (Å²) in [5.41, 5.74) is 3.50. The van der Waals surface area contributed by atoms with E-state index in [9.17, 15) is 9.59 Å². The minimum atomic E-state index is -0.611. The van der Waals surface area contributed by atoms with Crippen molar-refractivity contribution in [2.75, 3.05) is 13.2 Å². The average molecular weight is 491 g/mol. The smallest absolute Gasteiger partial charge is 0.338 e. The van der Waals surface area contributed by atoms with Gasteiger partial charge in [0.05, 0.1) is 35.1 Å². The van der Waals surface area contributed by atoms with Gasteiger partial charge in [-0.05, 0) is 44.4 Å². The SMILES string of the molecule is CCOC(=O)C1=C(C)N=c2s/c(=C\c3ccccc3OCC(C)C)c(=O)n2[C@H]1c1ccc(C)cc1. The van der Waals surface area contributed by atoms with Crippen LogP contribution in [0.25, 0.3) is 6.08 Å². The highest BCUT2D eigenvalue weighted by Gasteiger charge is 2.33. The second-order valence-corrected chi connectivity index (χ2v) is 9.96. The third-order valence-electron chi connectivity index (χ3n) is 5.69. The van der Waals surface area contributed by atoms with Crippen molar-refractivity contribution in [3.05, 3.63) is 96.2 Å². The van der Waals surface area contributed by atoms with Crippen LogP contribution in [0.5, 0.6) is 5.75 Å². The Morgan fingerprint density at radius 3 is 2.54 bits per heavy atom. The number of rotatable bonds is 7. The normalized spacial score (nSPS) is 15.7. The molecule has 4 rings (SSSR count). The van der Waals surface area contributed by atoms with E-state index in [1.165, 1.54) is 11.3 Å². The van der Waals surface area contributed by atoms with Gasteiger partial charge in [-0.1, -0.05) is 73.2 Å². The van der Waals surface area contributed by atoms with Crippen LogP contribution in [0.4, 0.5) is 0 Å². The van der Waals surface area contributed by atoms with Gasteiger partial charge in [0.1, 0.15) is 5.75 Å². The summed E-state index contributed by atoms with van der Waals surface area (Å²) in [4.78, 5) is 31.9. The largest absolute Gasteiger partial charge is 0.493 e. The van der Waals surface area contributed by atoms with Crippen LogP contribution < -0.4 is 19.6 Å². The molecule has 0 saturated carbocycles. The Labute approximate surface area is 208 Å². The molecule has 0 amide bonds. The van der Waals surface area contributed by atoms with Crippen LogP contribution in [0.15, 0.2) is 69.6 Å². The zero-order valence-electron chi connectivity index (χ0n) is 20.7. The quantitative estimate of drug-likeness (QED) is 0.467. The molecule has 0 saturated heterocycles. The number of carbonyl (C=O) groups is 1. The predicted octanol–water partition coefficient (Wildman–Crippen LogP) is 4.14. The molecule has 7 heteroatoms. The number of nitrogens with zero attached hydrogens (tertiary/aromatic N) is 2. The van der Waals surface area contributed by atoms with E-state index >= 15 is 0 Å². The lowest BCUT2D eigenvalue weighted by atomic mass is 9.95. The minimum absolute atomic E-state index is 0.202. The number of ether oxygens (including phenoxy) is 2. The molecular weight excluding hydrogens is 460 g/mol. The van der Waals surface area contributed by atoms with Crippen LogP contribution in [0.1, 0.15) is 50.4 Å². The number of para-hydroxylation sites is 1. The van der Waals surface area contributed by atoms with Gasteiger partial charge in [0.2, 0.25) is 0 Å². The molecule has 6 nitrogen and oxygen atoms in total. The Morgan fingerprint density at radius 1 is 1.14 bits per heavy atom. The number of hydrogen-bond donors (Lipinski definition) is 0. The number of benzene rings is 2. The topological polar surface area (TPSA) is 69.9 Å². The fraction of sp³-hybridized carbons (Fsp3) is 0.321. The molecule has 0 spiro atoms. The maximum atomic E-state index is 13.7. The first-order valence-electron chi connectivity index (χ1n) is 11.8. The van der Waals surface area contributed by atoms with Gasteiger partial charge in [0.15, 0.2) is 4.80 Å². The van der Waals surface area contributed by atoms with Crippen molar-refractivity contribution in [1.82, 2.24) is 4.57 Å². The number of hydrogen-bond acceptors (Lipinski definition) is 6. The van der Waals surface area contributed by atoms with Gasteiger partial charge in [-0.3, -0.25) is 9.36 Å². The maximum Gasteiger partial charge on any atom is 0.338 e. The van der Waals surface area contributed by atoms with Crippen molar-refractivity contribution in [2.45, 2.75) is 40.7 Å². The molecular formula is C28H30N2O4S. The molecule has 0 bridgehead atoms. The van der Waals surface area contributed by atoms with Crippen molar-refractivity contribution in [3.8, 4) is 5.75 Å². The molecule has 0 N–H and O–H groups in total. The van der Waals surface area contributed by atoms with Crippen molar-refractivity contribution < 1.29 is 14.3 Å². The molecule has 1 aromatic heterocycles. The molecule has 2 aromatic carbocycles. The van der Waals surface area contributed by atoms with Crippen molar-refractivity contribution in [3.63, 3.8) is 0 Å². The van der Waals surface area contributed by atoms with E-state index in [0.29, 0.717) is 33.1 Å². The van der Waals surface area contributed by atoms with Crippen LogP contribution in [0, 0.1) is 12.8 Å². The average Bonchev–Trinajstić information content (AvgIpc) is 3.12. The lowest BCUT2D eigenvalue weighted by molar-refractivity contribution is -0.139. The Bertz CT molecular complexity index is 1450. The Morgan fingerprint density at radius 2 is 1.86 bits per heavy atom. The van der Waals surface area contributed by atoms with Crippen LogP contribution in [0.2, 0.25) is 0 Å². The van der Waals surface area contributed by atoms with Crippen LogP contribution in [-0.2, 0) is 9.53 Å². The lowest BCUT2D eigenvalue weighted by Crippen LogP contribution is -2.39. The summed E-state index contributed by atoms with van der Waals surface area (Å²) in [5.74, 6) is 0.652. The number of aromatic nitrogens is 1. The van der Waals surface area contributed by atoms with Gasteiger partial charge in [0.25, 0.3) is 5.56 Å². The van der Waals surface area contributed by atoms with Crippen molar-refractivity contribution in [2.24, 2.45) is 10.9 Å². The van der Waals surface area contributed by atoms with E-state index in [-0.39, 0.29) is 12.2 Å². The molecule has 1 aliphatic rings. The third kappa shape index (κ3) is 5.15. The molecule has 182 valence electrons. The Balaban J connectivity index is 1.89. The second kappa shape index (κ2) is 10.4. The molecule has 0 fully saturated rings. The third-order valence-corrected chi connectivity index (χ3v) is 6.67. The van der Waals surface area contributed by atoms with Crippen LogP contribution in [0.3, 0.4) is 0 Å². The zero-order valence-corrected chi connectivity index (χ0v) is 21.5. The predicted molar refractivity (Wildman–Crippen MR) is 138 cm³/mol. The maximum absolute atomic E-state index is 13.7. The molecule has 1 aliphatic heterocycles. The number of fused-ring (bicyclic) bond motifs is 1.